The molecule has 0 radical (unpaired) electrons. The summed E-state index contributed by atoms with van der Waals surface area (Å²) < 4.78 is 26.4. The first-order chi connectivity index (χ1) is 6.68. The Hall–Kier alpha value is -1.98. The maximum Gasteiger partial charge on any atom is 0.239 e. The van der Waals surface area contributed by atoms with Gasteiger partial charge in [0, 0.05) is 0 Å². The van der Waals surface area contributed by atoms with E-state index in [0.29, 0.717) is 0 Å². The minimum atomic E-state index is -0.707. The minimum absolute atomic E-state index is 0.0156. The molecule has 1 aromatic carbocycles. The highest BCUT2D eigenvalue weighted by molar-refractivity contribution is 5.57. The molecule has 4 nitrogen and oxygen atoms in total. The summed E-state index contributed by atoms with van der Waals surface area (Å²) in [5, 5.41) is 5.82. The standard InChI is InChI=1S/C8H6F2N4/c9-4-2-1-3-5(10)6(4)7-12-8(11)14-13-7/h1-3H,(H3,11,12,13,14). The Morgan fingerprint density at radius 2 is 1.86 bits per heavy atom. The third kappa shape index (κ3) is 1.30. The molecule has 1 heterocycles. The molecule has 3 N–H and O–H groups in total. The van der Waals surface area contributed by atoms with Crippen molar-refractivity contribution in [1.82, 2.24) is 15.2 Å². The predicted octanol–water partition coefficient (Wildman–Crippen LogP) is 1.33. The zero-order chi connectivity index (χ0) is 10.1. The fourth-order valence-electron chi connectivity index (χ4n) is 1.11. The van der Waals surface area contributed by atoms with Crippen LogP contribution >= 0.6 is 0 Å². The molecule has 0 atom stereocenters. The molecule has 0 saturated carbocycles. The highest BCUT2D eigenvalue weighted by Crippen LogP contribution is 2.22. The first kappa shape index (κ1) is 8.61. The van der Waals surface area contributed by atoms with Crippen LogP contribution in [-0.4, -0.2) is 15.2 Å². The van der Waals surface area contributed by atoms with Crippen molar-refractivity contribution in [1.29, 1.82) is 0 Å². The number of H-pyrrole nitrogens is 1. The number of hydrogen-bond acceptors (Lipinski definition) is 3. The summed E-state index contributed by atoms with van der Waals surface area (Å²) in [7, 11) is 0. The lowest BCUT2D eigenvalue weighted by molar-refractivity contribution is 0.587. The molecule has 1 aromatic heterocycles. The van der Waals surface area contributed by atoms with Gasteiger partial charge in [0.1, 0.15) is 11.6 Å². The van der Waals surface area contributed by atoms with Gasteiger partial charge in [0.25, 0.3) is 0 Å². The highest BCUT2D eigenvalue weighted by Gasteiger charge is 2.13. The van der Waals surface area contributed by atoms with Crippen molar-refractivity contribution in [2.24, 2.45) is 0 Å². The van der Waals surface area contributed by atoms with Gasteiger partial charge in [-0.3, -0.25) is 5.10 Å². The topological polar surface area (TPSA) is 67.6 Å². The SMILES string of the molecule is Nc1n[nH]c(-c2c(F)cccc2F)n1. The number of halogens is 2. The Morgan fingerprint density at radius 3 is 2.36 bits per heavy atom. The van der Waals surface area contributed by atoms with Crippen LogP contribution in [0, 0.1) is 11.6 Å². The van der Waals surface area contributed by atoms with Gasteiger partial charge in [-0.1, -0.05) is 6.07 Å². The van der Waals surface area contributed by atoms with Gasteiger partial charge in [-0.15, -0.1) is 5.10 Å². The average molecular weight is 196 g/mol. The lowest BCUT2D eigenvalue weighted by Gasteiger charge is -1.99. The van der Waals surface area contributed by atoms with Gasteiger partial charge in [-0.25, -0.2) is 8.78 Å². The van der Waals surface area contributed by atoms with Crippen molar-refractivity contribution in [2.75, 3.05) is 5.73 Å². The van der Waals surface area contributed by atoms with E-state index in [1.165, 1.54) is 6.07 Å². The summed E-state index contributed by atoms with van der Waals surface area (Å²) in [6.45, 7) is 0. The van der Waals surface area contributed by atoms with E-state index in [4.69, 9.17) is 5.73 Å². The van der Waals surface area contributed by atoms with Crippen molar-refractivity contribution >= 4 is 5.95 Å². The van der Waals surface area contributed by atoms with Gasteiger partial charge in [0.2, 0.25) is 5.95 Å². The molecule has 0 aliphatic carbocycles. The molecule has 0 saturated heterocycles. The Bertz CT molecular complexity index is 446. The first-order valence-corrected chi connectivity index (χ1v) is 3.81. The number of nitrogen functional groups attached to an aromatic ring is 1. The summed E-state index contributed by atoms with van der Waals surface area (Å²) in [4.78, 5) is 3.63. The normalized spacial score (nSPS) is 10.4. The number of nitrogens with zero attached hydrogens (tertiary/aromatic N) is 2. The van der Waals surface area contributed by atoms with Crippen LogP contribution in [0.2, 0.25) is 0 Å². The van der Waals surface area contributed by atoms with E-state index in [9.17, 15) is 8.78 Å². The second-order valence-corrected chi connectivity index (χ2v) is 2.64. The van der Waals surface area contributed by atoms with Gasteiger partial charge >= 0.3 is 0 Å². The van der Waals surface area contributed by atoms with E-state index in [2.05, 4.69) is 15.2 Å². The molecule has 0 bridgehead atoms. The van der Waals surface area contributed by atoms with Crippen molar-refractivity contribution in [3.63, 3.8) is 0 Å². The molecule has 0 spiro atoms. The van der Waals surface area contributed by atoms with Gasteiger partial charge in [-0.2, -0.15) is 4.98 Å². The van der Waals surface area contributed by atoms with Crippen LogP contribution < -0.4 is 5.73 Å². The molecule has 0 amide bonds. The predicted molar refractivity (Wildman–Crippen MR) is 46.1 cm³/mol. The molecule has 2 aromatic rings. The van der Waals surface area contributed by atoms with Crippen LogP contribution in [0.3, 0.4) is 0 Å². The Labute approximate surface area is 77.8 Å². The van der Waals surface area contributed by atoms with Crippen LogP contribution in [0.5, 0.6) is 0 Å². The van der Waals surface area contributed by atoms with Crippen molar-refractivity contribution in [3.05, 3.63) is 29.8 Å². The van der Waals surface area contributed by atoms with Crippen LogP contribution in [0.25, 0.3) is 11.4 Å². The summed E-state index contributed by atoms with van der Waals surface area (Å²) in [5.41, 5.74) is 4.96. The third-order valence-electron chi connectivity index (χ3n) is 1.70. The second-order valence-electron chi connectivity index (χ2n) is 2.64. The second kappa shape index (κ2) is 3.06. The van der Waals surface area contributed by atoms with Crippen LogP contribution in [0.15, 0.2) is 18.2 Å². The number of nitrogens with one attached hydrogen (secondary N) is 1. The molecular formula is C8H6F2N4. The number of nitrogens with two attached hydrogens (primary N) is 1. The fourth-order valence-corrected chi connectivity index (χ4v) is 1.11. The minimum Gasteiger partial charge on any atom is -0.366 e. The molecule has 0 unspecified atom stereocenters. The van der Waals surface area contributed by atoms with E-state index in [-0.39, 0.29) is 17.3 Å². The van der Waals surface area contributed by atoms with Gasteiger partial charge in [-0.05, 0) is 12.1 Å². The van der Waals surface area contributed by atoms with E-state index < -0.39 is 11.6 Å². The van der Waals surface area contributed by atoms with Gasteiger partial charge in [0.15, 0.2) is 5.82 Å². The summed E-state index contributed by atoms with van der Waals surface area (Å²) in [6.07, 6.45) is 0. The maximum absolute atomic E-state index is 13.2. The third-order valence-corrected chi connectivity index (χ3v) is 1.70. The molecule has 72 valence electrons. The first-order valence-electron chi connectivity index (χ1n) is 3.81. The van der Waals surface area contributed by atoms with Crippen LogP contribution in [0.4, 0.5) is 14.7 Å². The number of aromatic nitrogens is 3. The molecule has 0 aliphatic heterocycles. The smallest absolute Gasteiger partial charge is 0.239 e. The summed E-state index contributed by atoms with van der Waals surface area (Å²) in [6, 6.07) is 3.54. The summed E-state index contributed by atoms with van der Waals surface area (Å²) in [5.74, 6) is -1.48. The number of aromatic amines is 1. The largest absolute Gasteiger partial charge is 0.366 e. The highest BCUT2D eigenvalue weighted by atomic mass is 19.1. The summed E-state index contributed by atoms with van der Waals surface area (Å²) >= 11 is 0. The Morgan fingerprint density at radius 1 is 1.21 bits per heavy atom. The Balaban J connectivity index is 2.61. The number of benzene rings is 1. The quantitative estimate of drug-likeness (QED) is 0.723. The average Bonchev–Trinajstić information content (AvgIpc) is 2.51. The number of anilines is 1. The molecule has 0 fully saturated rings. The lowest BCUT2D eigenvalue weighted by atomic mass is 10.2. The van der Waals surface area contributed by atoms with E-state index in [0.717, 1.165) is 12.1 Å². The van der Waals surface area contributed by atoms with Gasteiger partial charge < -0.3 is 5.73 Å². The molecule has 0 aliphatic rings. The molecule has 14 heavy (non-hydrogen) atoms. The van der Waals surface area contributed by atoms with Crippen molar-refractivity contribution < 1.29 is 8.78 Å². The van der Waals surface area contributed by atoms with Gasteiger partial charge in [0.05, 0.1) is 5.56 Å². The van der Waals surface area contributed by atoms with Crippen molar-refractivity contribution in [3.8, 4) is 11.4 Å². The molecule has 6 heteroatoms. The zero-order valence-electron chi connectivity index (χ0n) is 6.96. The maximum atomic E-state index is 13.2. The number of rotatable bonds is 1. The number of hydrogen-bond donors (Lipinski definition) is 2. The molecule has 2 rings (SSSR count). The van der Waals surface area contributed by atoms with Crippen LogP contribution in [-0.2, 0) is 0 Å². The lowest BCUT2D eigenvalue weighted by Crippen LogP contribution is -1.91. The van der Waals surface area contributed by atoms with Crippen LogP contribution in [0.1, 0.15) is 0 Å². The zero-order valence-corrected chi connectivity index (χ0v) is 6.96. The van der Waals surface area contributed by atoms with E-state index in [1.54, 1.807) is 0 Å². The molecular weight excluding hydrogens is 190 g/mol. The fraction of sp³-hybridized carbons (Fsp3) is 0. The van der Waals surface area contributed by atoms with Crippen molar-refractivity contribution in [2.45, 2.75) is 0 Å². The monoisotopic (exact) mass is 196 g/mol. The van der Waals surface area contributed by atoms with E-state index in [1.807, 2.05) is 0 Å². The van der Waals surface area contributed by atoms with E-state index >= 15 is 0 Å². The Kier molecular flexibility index (Phi) is 1.88.